The summed E-state index contributed by atoms with van der Waals surface area (Å²) < 4.78 is 0. The number of rotatable bonds is 4. The van der Waals surface area contributed by atoms with E-state index in [0.29, 0.717) is 12.0 Å². The number of nitrogens with one attached hydrogen (secondary N) is 1. The molecule has 1 amide bonds. The van der Waals surface area contributed by atoms with Crippen molar-refractivity contribution in [3.05, 3.63) is 0 Å². The highest BCUT2D eigenvalue weighted by molar-refractivity contribution is 9.09. The predicted molar refractivity (Wildman–Crippen MR) is 53.4 cm³/mol. The van der Waals surface area contributed by atoms with E-state index in [-0.39, 0.29) is 5.91 Å². The van der Waals surface area contributed by atoms with Crippen molar-refractivity contribution in [3.8, 4) is 0 Å². The van der Waals surface area contributed by atoms with Gasteiger partial charge in [-0.2, -0.15) is 0 Å². The zero-order chi connectivity index (χ0) is 8.97. The van der Waals surface area contributed by atoms with Crippen LogP contribution < -0.4 is 5.32 Å². The summed E-state index contributed by atoms with van der Waals surface area (Å²) in [6.07, 6.45) is 4.42. The van der Waals surface area contributed by atoms with Crippen molar-refractivity contribution >= 4 is 21.8 Å². The molecule has 0 aromatic rings. The van der Waals surface area contributed by atoms with Gasteiger partial charge in [-0.15, -0.1) is 0 Å². The van der Waals surface area contributed by atoms with Gasteiger partial charge in [-0.25, -0.2) is 0 Å². The lowest BCUT2D eigenvalue weighted by Gasteiger charge is -2.25. The maximum Gasteiger partial charge on any atom is 0.223 e. The van der Waals surface area contributed by atoms with Crippen molar-refractivity contribution in [1.82, 2.24) is 5.32 Å². The van der Waals surface area contributed by atoms with Gasteiger partial charge in [0.1, 0.15) is 0 Å². The first-order valence-corrected chi connectivity index (χ1v) is 5.72. The van der Waals surface area contributed by atoms with Gasteiger partial charge in [0.2, 0.25) is 5.91 Å². The van der Waals surface area contributed by atoms with Crippen LogP contribution in [0.2, 0.25) is 0 Å². The first kappa shape index (κ1) is 10.0. The van der Waals surface area contributed by atoms with Gasteiger partial charge in [0, 0.05) is 17.3 Å². The summed E-state index contributed by atoms with van der Waals surface area (Å²) in [6, 6.07) is 0.317. The third kappa shape index (κ3) is 2.77. The second kappa shape index (κ2) is 4.85. The van der Waals surface area contributed by atoms with Crippen molar-refractivity contribution in [2.75, 3.05) is 5.33 Å². The summed E-state index contributed by atoms with van der Waals surface area (Å²) in [4.78, 5) is 11.4. The van der Waals surface area contributed by atoms with Crippen LogP contribution in [0.4, 0.5) is 0 Å². The SMILES string of the molecule is CC(CCBr)NC(=O)C1CCC1. The van der Waals surface area contributed by atoms with E-state index in [4.69, 9.17) is 0 Å². The lowest BCUT2D eigenvalue weighted by atomic mass is 9.84. The summed E-state index contributed by atoms with van der Waals surface area (Å²) in [5.41, 5.74) is 0. The van der Waals surface area contributed by atoms with E-state index in [1.807, 2.05) is 0 Å². The van der Waals surface area contributed by atoms with Crippen LogP contribution in [0, 0.1) is 5.92 Å². The van der Waals surface area contributed by atoms with Crippen molar-refractivity contribution in [3.63, 3.8) is 0 Å². The number of alkyl halides is 1. The standard InChI is InChI=1S/C9H16BrNO/c1-7(5-6-10)11-9(12)8-3-2-4-8/h7-8H,2-6H2,1H3,(H,11,12). The lowest BCUT2D eigenvalue weighted by Crippen LogP contribution is -2.39. The Morgan fingerprint density at radius 3 is 2.75 bits per heavy atom. The van der Waals surface area contributed by atoms with Gasteiger partial charge >= 0.3 is 0 Å². The zero-order valence-corrected chi connectivity index (χ0v) is 9.06. The second-order valence-corrected chi connectivity index (χ2v) is 4.31. The average Bonchev–Trinajstić information content (AvgIpc) is 1.82. The van der Waals surface area contributed by atoms with Crippen molar-refractivity contribution in [2.24, 2.45) is 5.92 Å². The van der Waals surface area contributed by atoms with Crippen LogP contribution in [0.3, 0.4) is 0 Å². The van der Waals surface area contributed by atoms with Gasteiger partial charge in [-0.1, -0.05) is 22.4 Å². The number of halogens is 1. The smallest absolute Gasteiger partial charge is 0.223 e. The third-order valence-corrected chi connectivity index (χ3v) is 2.86. The number of hydrogen-bond donors (Lipinski definition) is 1. The highest BCUT2D eigenvalue weighted by Crippen LogP contribution is 2.26. The Bertz CT molecular complexity index is 157. The molecule has 0 bridgehead atoms. The molecule has 3 heteroatoms. The summed E-state index contributed by atoms with van der Waals surface area (Å²) in [5, 5.41) is 3.97. The molecule has 1 atom stereocenters. The third-order valence-electron chi connectivity index (χ3n) is 2.41. The Balaban J connectivity index is 2.15. The monoisotopic (exact) mass is 233 g/mol. The zero-order valence-electron chi connectivity index (χ0n) is 7.48. The Hall–Kier alpha value is -0.0500. The number of hydrogen-bond acceptors (Lipinski definition) is 1. The minimum Gasteiger partial charge on any atom is -0.353 e. The first-order valence-electron chi connectivity index (χ1n) is 4.60. The molecule has 1 aliphatic rings. The summed E-state index contributed by atoms with van der Waals surface area (Å²) in [6.45, 7) is 2.05. The summed E-state index contributed by atoms with van der Waals surface area (Å²) in [7, 11) is 0. The minimum atomic E-state index is 0.259. The fraction of sp³-hybridized carbons (Fsp3) is 0.889. The quantitative estimate of drug-likeness (QED) is 0.741. The molecule has 0 saturated heterocycles. The van der Waals surface area contributed by atoms with Crippen LogP contribution in [0.25, 0.3) is 0 Å². The molecule has 0 aromatic carbocycles. The lowest BCUT2D eigenvalue weighted by molar-refractivity contribution is -0.128. The molecule has 70 valence electrons. The Morgan fingerprint density at radius 2 is 2.33 bits per heavy atom. The molecule has 0 aliphatic heterocycles. The average molecular weight is 234 g/mol. The van der Waals surface area contributed by atoms with Crippen LogP contribution in [0.1, 0.15) is 32.6 Å². The minimum absolute atomic E-state index is 0.259. The number of amides is 1. The molecule has 1 saturated carbocycles. The molecule has 1 rings (SSSR count). The fourth-order valence-electron chi connectivity index (χ4n) is 1.27. The normalized spacial score (nSPS) is 19.8. The molecule has 0 spiro atoms. The van der Waals surface area contributed by atoms with Gasteiger partial charge in [0.15, 0.2) is 0 Å². The number of carbonyl (C=O) groups excluding carboxylic acids is 1. The molecule has 12 heavy (non-hydrogen) atoms. The summed E-state index contributed by atoms with van der Waals surface area (Å²) in [5.74, 6) is 0.581. The molecule has 2 nitrogen and oxygen atoms in total. The van der Waals surface area contributed by atoms with Crippen LogP contribution >= 0.6 is 15.9 Å². The van der Waals surface area contributed by atoms with Crippen molar-refractivity contribution in [2.45, 2.75) is 38.6 Å². The van der Waals surface area contributed by atoms with E-state index in [2.05, 4.69) is 28.2 Å². The largest absolute Gasteiger partial charge is 0.353 e. The van der Waals surface area contributed by atoms with E-state index >= 15 is 0 Å². The van der Waals surface area contributed by atoms with Crippen molar-refractivity contribution in [1.29, 1.82) is 0 Å². The van der Waals surface area contributed by atoms with Crippen LogP contribution in [0.15, 0.2) is 0 Å². The number of carbonyl (C=O) groups is 1. The van der Waals surface area contributed by atoms with Crippen LogP contribution in [-0.2, 0) is 4.79 Å². The molecule has 0 radical (unpaired) electrons. The van der Waals surface area contributed by atoms with E-state index < -0.39 is 0 Å². The fourth-order valence-corrected chi connectivity index (χ4v) is 1.95. The highest BCUT2D eigenvalue weighted by Gasteiger charge is 2.25. The van der Waals surface area contributed by atoms with Gasteiger partial charge in [0.25, 0.3) is 0 Å². The predicted octanol–water partition coefficient (Wildman–Crippen LogP) is 2.08. The maximum absolute atomic E-state index is 11.4. The molecule has 1 N–H and O–H groups in total. The molecule has 1 unspecified atom stereocenters. The molecular formula is C9H16BrNO. The van der Waals surface area contributed by atoms with E-state index in [1.165, 1.54) is 6.42 Å². The van der Waals surface area contributed by atoms with Crippen LogP contribution in [0.5, 0.6) is 0 Å². The summed E-state index contributed by atoms with van der Waals surface area (Å²) >= 11 is 3.36. The van der Waals surface area contributed by atoms with E-state index in [9.17, 15) is 4.79 Å². The first-order chi connectivity index (χ1) is 5.74. The molecular weight excluding hydrogens is 218 g/mol. The highest BCUT2D eigenvalue weighted by atomic mass is 79.9. The maximum atomic E-state index is 11.4. The van der Waals surface area contributed by atoms with Gasteiger partial charge < -0.3 is 5.32 Å². The molecule has 1 aliphatic carbocycles. The van der Waals surface area contributed by atoms with Gasteiger partial charge in [-0.05, 0) is 26.2 Å². The van der Waals surface area contributed by atoms with Gasteiger partial charge in [0.05, 0.1) is 0 Å². The second-order valence-electron chi connectivity index (χ2n) is 3.52. The van der Waals surface area contributed by atoms with E-state index in [1.54, 1.807) is 0 Å². The van der Waals surface area contributed by atoms with Crippen LogP contribution in [-0.4, -0.2) is 17.3 Å². The van der Waals surface area contributed by atoms with Gasteiger partial charge in [-0.3, -0.25) is 4.79 Å². The molecule has 1 fully saturated rings. The Morgan fingerprint density at radius 1 is 1.67 bits per heavy atom. The molecule has 0 heterocycles. The Labute approximate surface area is 82.2 Å². The van der Waals surface area contributed by atoms with E-state index in [0.717, 1.165) is 24.6 Å². The van der Waals surface area contributed by atoms with Crippen molar-refractivity contribution < 1.29 is 4.79 Å². The topological polar surface area (TPSA) is 29.1 Å². The molecule has 0 aromatic heterocycles. The Kier molecular flexibility index (Phi) is 4.06.